The van der Waals surface area contributed by atoms with Gasteiger partial charge in [-0.25, -0.2) is 0 Å². The van der Waals surface area contributed by atoms with Gasteiger partial charge in [-0.05, 0) is 56.3 Å². The topological polar surface area (TPSA) is 29.3 Å². The third-order valence-corrected chi connectivity index (χ3v) is 5.84. The minimum Gasteiger partial charge on any atom is -0.356 e. The van der Waals surface area contributed by atoms with Gasteiger partial charge >= 0.3 is 0 Å². The van der Waals surface area contributed by atoms with Gasteiger partial charge in [0.05, 0.1) is 0 Å². The van der Waals surface area contributed by atoms with Crippen LogP contribution < -0.4 is 0 Å². The molecule has 0 bridgehead atoms. The van der Waals surface area contributed by atoms with Crippen LogP contribution in [0.4, 0.5) is 0 Å². The van der Waals surface area contributed by atoms with E-state index in [9.17, 15) is 0 Å². The zero-order valence-electron chi connectivity index (χ0n) is 17.0. The highest BCUT2D eigenvalue weighted by Gasteiger charge is 2.26. The lowest BCUT2D eigenvalue weighted by Gasteiger charge is -2.35. The van der Waals surface area contributed by atoms with Gasteiger partial charge in [0.1, 0.15) is 5.69 Å². The van der Waals surface area contributed by atoms with Crippen LogP contribution in [0.1, 0.15) is 44.2 Å². The Bertz CT molecular complexity index is 894. The molecule has 1 heterocycles. The monoisotopic (exact) mass is 374 g/mol. The predicted octanol–water partition coefficient (Wildman–Crippen LogP) is 5.99. The van der Waals surface area contributed by atoms with E-state index in [1.54, 1.807) is 0 Å². The summed E-state index contributed by atoms with van der Waals surface area (Å²) in [5, 5.41) is 4.34. The SMILES string of the molecule is CCCN(CCC)C1CCc2cccc(-c3cc(-c4ccccc4)no3)c2C1. The molecule has 0 spiro atoms. The first-order valence-electron chi connectivity index (χ1n) is 10.7. The van der Waals surface area contributed by atoms with Crippen LogP contribution in [0.2, 0.25) is 0 Å². The minimum absolute atomic E-state index is 0.630. The van der Waals surface area contributed by atoms with Gasteiger partial charge in [0, 0.05) is 23.2 Å². The second kappa shape index (κ2) is 8.74. The van der Waals surface area contributed by atoms with E-state index in [1.807, 2.05) is 18.2 Å². The van der Waals surface area contributed by atoms with Crippen LogP contribution in [0.15, 0.2) is 59.1 Å². The molecule has 1 unspecified atom stereocenters. The number of nitrogens with zero attached hydrogens (tertiary/aromatic N) is 2. The number of benzene rings is 2. The summed E-state index contributed by atoms with van der Waals surface area (Å²) in [5.74, 6) is 0.883. The molecule has 146 valence electrons. The zero-order valence-corrected chi connectivity index (χ0v) is 17.0. The zero-order chi connectivity index (χ0) is 19.3. The van der Waals surface area contributed by atoms with Crippen LogP contribution in [-0.4, -0.2) is 29.2 Å². The fourth-order valence-corrected chi connectivity index (χ4v) is 4.51. The summed E-state index contributed by atoms with van der Waals surface area (Å²) in [6.07, 6.45) is 5.94. The summed E-state index contributed by atoms with van der Waals surface area (Å²) < 4.78 is 5.80. The Morgan fingerprint density at radius 1 is 1.00 bits per heavy atom. The van der Waals surface area contributed by atoms with Gasteiger partial charge in [0.15, 0.2) is 5.76 Å². The highest BCUT2D eigenvalue weighted by atomic mass is 16.5. The molecule has 4 rings (SSSR count). The Labute approximate surface area is 168 Å². The molecule has 1 aliphatic rings. The molecule has 3 heteroatoms. The van der Waals surface area contributed by atoms with E-state index in [1.165, 1.54) is 49.0 Å². The second-order valence-electron chi connectivity index (χ2n) is 7.82. The summed E-state index contributed by atoms with van der Waals surface area (Å²) >= 11 is 0. The minimum atomic E-state index is 0.630. The molecule has 28 heavy (non-hydrogen) atoms. The number of hydrogen-bond acceptors (Lipinski definition) is 3. The Kier molecular flexibility index (Phi) is 5.92. The fraction of sp³-hybridized carbons (Fsp3) is 0.400. The van der Waals surface area contributed by atoms with Crippen molar-refractivity contribution in [3.05, 3.63) is 65.7 Å². The van der Waals surface area contributed by atoms with Crippen molar-refractivity contribution in [3.63, 3.8) is 0 Å². The van der Waals surface area contributed by atoms with Crippen LogP contribution in [0.3, 0.4) is 0 Å². The molecule has 3 aromatic rings. The van der Waals surface area contributed by atoms with Crippen molar-refractivity contribution in [2.75, 3.05) is 13.1 Å². The molecular weight excluding hydrogens is 344 g/mol. The summed E-state index contributed by atoms with van der Waals surface area (Å²) in [7, 11) is 0. The van der Waals surface area contributed by atoms with Crippen molar-refractivity contribution in [2.24, 2.45) is 0 Å². The average molecular weight is 375 g/mol. The Morgan fingerprint density at radius 2 is 1.79 bits per heavy atom. The molecule has 3 nitrogen and oxygen atoms in total. The normalized spacial score (nSPS) is 16.3. The first kappa shape index (κ1) is 18.9. The molecule has 0 N–H and O–H groups in total. The van der Waals surface area contributed by atoms with E-state index in [2.05, 4.69) is 60.3 Å². The summed E-state index contributed by atoms with van der Waals surface area (Å²) in [4.78, 5) is 2.69. The first-order chi connectivity index (χ1) is 13.8. The van der Waals surface area contributed by atoms with Crippen molar-refractivity contribution in [3.8, 4) is 22.6 Å². The molecule has 0 radical (unpaired) electrons. The van der Waals surface area contributed by atoms with Crippen molar-refractivity contribution < 1.29 is 4.52 Å². The van der Waals surface area contributed by atoms with E-state index in [-0.39, 0.29) is 0 Å². The maximum absolute atomic E-state index is 5.80. The molecule has 0 aliphatic heterocycles. The van der Waals surface area contributed by atoms with Crippen LogP contribution in [-0.2, 0) is 12.8 Å². The summed E-state index contributed by atoms with van der Waals surface area (Å²) in [6, 6.07) is 19.6. The number of fused-ring (bicyclic) bond motifs is 1. The molecule has 1 aromatic heterocycles. The van der Waals surface area contributed by atoms with Crippen molar-refractivity contribution >= 4 is 0 Å². The predicted molar refractivity (Wildman–Crippen MR) is 115 cm³/mol. The Hall–Kier alpha value is -2.39. The van der Waals surface area contributed by atoms with Gasteiger partial charge < -0.3 is 9.42 Å². The van der Waals surface area contributed by atoms with Gasteiger partial charge in [-0.3, -0.25) is 0 Å². The number of aromatic nitrogens is 1. The van der Waals surface area contributed by atoms with E-state index >= 15 is 0 Å². The van der Waals surface area contributed by atoms with Gasteiger partial charge in [0.2, 0.25) is 0 Å². The van der Waals surface area contributed by atoms with E-state index in [4.69, 9.17) is 4.52 Å². The second-order valence-corrected chi connectivity index (χ2v) is 7.82. The molecule has 0 saturated carbocycles. The smallest absolute Gasteiger partial charge is 0.167 e. The molecule has 1 atom stereocenters. The summed E-state index contributed by atoms with van der Waals surface area (Å²) in [6.45, 7) is 6.95. The third-order valence-electron chi connectivity index (χ3n) is 5.84. The lowest BCUT2D eigenvalue weighted by Crippen LogP contribution is -2.40. The van der Waals surface area contributed by atoms with E-state index < -0.39 is 0 Å². The Balaban J connectivity index is 1.64. The summed E-state index contributed by atoms with van der Waals surface area (Å²) in [5.41, 5.74) is 6.13. The van der Waals surface area contributed by atoms with Crippen LogP contribution in [0.5, 0.6) is 0 Å². The van der Waals surface area contributed by atoms with Crippen molar-refractivity contribution in [1.82, 2.24) is 10.1 Å². The first-order valence-corrected chi connectivity index (χ1v) is 10.7. The Morgan fingerprint density at radius 3 is 2.54 bits per heavy atom. The van der Waals surface area contributed by atoms with E-state index in [0.29, 0.717) is 6.04 Å². The van der Waals surface area contributed by atoms with Crippen LogP contribution in [0, 0.1) is 0 Å². The highest BCUT2D eigenvalue weighted by Crippen LogP contribution is 2.35. The number of rotatable bonds is 7. The lowest BCUT2D eigenvalue weighted by atomic mass is 9.84. The standard InChI is InChI=1S/C25H30N2O/c1-3-15-27(16-4-2)21-14-13-19-11-8-12-22(23(19)17-21)25-18-24(26-28-25)20-9-6-5-7-10-20/h5-12,18,21H,3-4,13-17H2,1-2H3. The fourth-order valence-electron chi connectivity index (χ4n) is 4.51. The lowest BCUT2D eigenvalue weighted by molar-refractivity contribution is 0.180. The molecule has 0 saturated heterocycles. The molecular formula is C25H30N2O. The largest absolute Gasteiger partial charge is 0.356 e. The van der Waals surface area contributed by atoms with Gasteiger partial charge in [-0.2, -0.15) is 0 Å². The van der Waals surface area contributed by atoms with Crippen LogP contribution in [0.25, 0.3) is 22.6 Å². The average Bonchev–Trinajstić information content (AvgIpc) is 3.23. The third kappa shape index (κ3) is 3.90. The van der Waals surface area contributed by atoms with Gasteiger partial charge in [0.25, 0.3) is 0 Å². The molecule has 1 aliphatic carbocycles. The maximum atomic E-state index is 5.80. The van der Waals surface area contributed by atoms with Gasteiger partial charge in [-0.1, -0.05) is 67.5 Å². The van der Waals surface area contributed by atoms with E-state index in [0.717, 1.165) is 29.9 Å². The maximum Gasteiger partial charge on any atom is 0.167 e. The number of aryl methyl sites for hydroxylation is 1. The molecule has 2 aromatic carbocycles. The molecule has 0 amide bonds. The van der Waals surface area contributed by atoms with Crippen LogP contribution >= 0.6 is 0 Å². The van der Waals surface area contributed by atoms with Gasteiger partial charge in [-0.15, -0.1) is 0 Å². The quantitative estimate of drug-likeness (QED) is 0.509. The van der Waals surface area contributed by atoms with Crippen molar-refractivity contribution in [2.45, 2.75) is 52.0 Å². The highest BCUT2D eigenvalue weighted by molar-refractivity contribution is 5.70. The molecule has 0 fully saturated rings. The van der Waals surface area contributed by atoms with Crippen molar-refractivity contribution in [1.29, 1.82) is 0 Å². The number of hydrogen-bond donors (Lipinski definition) is 0.